The number of para-hydroxylation sites is 1. The number of hydrogen-bond acceptors (Lipinski definition) is 2. The molecule has 2 aliphatic rings. The van der Waals surface area contributed by atoms with Crippen LogP contribution in [0.25, 0.3) is 0 Å². The van der Waals surface area contributed by atoms with Crippen LogP contribution < -0.4 is 10.2 Å². The van der Waals surface area contributed by atoms with E-state index >= 15 is 0 Å². The lowest BCUT2D eigenvalue weighted by atomic mass is 10.1. The number of hydrogen-bond donors (Lipinski definition) is 1. The van der Waals surface area contributed by atoms with Gasteiger partial charge in [0.05, 0.1) is 0 Å². The summed E-state index contributed by atoms with van der Waals surface area (Å²) in [4.78, 5) is 26.3. The van der Waals surface area contributed by atoms with Gasteiger partial charge >= 0.3 is 0 Å². The molecule has 0 spiro atoms. The zero-order valence-corrected chi connectivity index (χ0v) is 11.8. The van der Waals surface area contributed by atoms with Crippen molar-refractivity contribution >= 4 is 17.5 Å². The van der Waals surface area contributed by atoms with Crippen molar-refractivity contribution in [3.05, 3.63) is 29.8 Å². The second-order valence-corrected chi connectivity index (χ2v) is 5.70. The first-order valence-electron chi connectivity index (χ1n) is 7.37. The average Bonchev–Trinajstić information content (AvgIpc) is 3.25. The molecule has 1 aromatic carbocycles. The van der Waals surface area contributed by atoms with Gasteiger partial charge in [-0.15, -0.1) is 0 Å². The minimum atomic E-state index is -0.442. The fourth-order valence-corrected chi connectivity index (χ4v) is 2.73. The summed E-state index contributed by atoms with van der Waals surface area (Å²) in [7, 11) is 0. The molecule has 0 radical (unpaired) electrons. The van der Waals surface area contributed by atoms with Crippen LogP contribution >= 0.6 is 0 Å². The summed E-state index contributed by atoms with van der Waals surface area (Å²) < 4.78 is 0. The lowest BCUT2D eigenvalue weighted by Crippen LogP contribution is -2.48. The molecule has 20 heavy (non-hydrogen) atoms. The molecule has 0 aromatic heterocycles. The summed E-state index contributed by atoms with van der Waals surface area (Å²) >= 11 is 0. The van der Waals surface area contributed by atoms with Crippen LogP contribution in [-0.4, -0.2) is 23.9 Å². The van der Waals surface area contributed by atoms with Gasteiger partial charge in [0.1, 0.15) is 6.04 Å². The van der Waals surface area contributed by atoms with Crippen LogP contribution in [0.1, 0.15) is 38.2 Å². The number of rotatable bonds is 3. The van der Waals surface area contributed by atoms with Crippen molar-refractivity contribution in [1.82, 2.24) is 5.32 Å². The number of anilines is 1. The van der Waals surface area contributed by atoms with Crippen molar-refractivity contribution in [2.75, 3.05) is 4.90 Å². The van der Waals surface area contributed by atoms with Crippen molar-refractivity contribution in [2.24, 2.45) is 0 Å². The summed E-state index contributed by atoms with van der Waals surface area (Å²) in [5.41, 5.74) is 2.05. The second kappa shape index (κ2) is 5.27. The van der Waals surface area contributed by atoms with E-state index in [2.05, 4.69) is 5.32 Å². The van der Waals surface area contributed by atoms with Crippen LogP contribution in [0.5, 0.6) is 0 Å². The van der Waals surface area contributed by atoms with E-state index in [4.69, 9.17) is 0 Å². The fourth-order valence-electron chi connectivity index (χ4n) is 2.73. The molecular formula is C16H20N2O2. The largest absolute Gasteiger partial charge is 0.352 e. The van der Waals surface area contributed by atoms with E-state index in [1.807, 2.05) is 31.2 Å². The molecule has 106 valence electrons. The summed E-state index contributed by atoms with van der Waals surface area (Å²) in [5, 5.41) is 2.99. The van der Waals surface area contributed by atoms with Gasteiger partial charge in [0.2, 0.25) is 11.8 Å². The van der Waals surface area contributed by atoms with Gasteiger partial charge in [-0.2, -0.15) is 0 Å². The third-order valence-electron chi connectivity index (χ3n) is 4.05. The topological polar surface area (TPSA) is 49.4 Å². The Morgan fingerprint density at radius 1 is 1.30 bits per heavy atom. The van der Waals surface area contributed by atoms with Crippen molar-refractivity contribution in [2.45, 2.75) is 51.1 Å². The molecule has 0 bridgehead atoms. The van der Waals surface area contributed by atoms with Crippen LogP contribution in [-0.2, 0) is 16.0 Å². The van der Waals surface area contributed by atoms with Crippen LogP contribution in [0.15, 0.2) is 24.3 Å². The summed E-state index contributed by atoms with van der Waals surface area (Å²) in [6.07, 6.45) is 4.38. The third kappa shape index (κ3) is 2.55. The fraction of sp³-hybridized carbons (Fsp3) is 0.500. The first-order valence-corrected chi connectivity index (χ1v) is 7.37. The Morgan fingerprint density at radius 3 is 2.80 bits per heavy atom. The lowest BCUT2D eigenvalue weighted by molar-refractivity contribution is -0.126. The van der Waals surface area contributed by atoms with Crippen LogP contribution in [0.3, 0.4) is 0 Å². The van der Waals surface area contributed by atoms with Crippen LogP contribution in [0.4, 0.5) is 5.69 Å². The standard InChI is InChI=1S/C16H20N2O2/c1-11(16(20)17-13-9-10-13)18-14-7-3-2-5-12(14)6-4-8-15(18)19/h2-3,5,7,11,13H,4,6,8-10H2,1H3,(H,17,20)/t11-/m1/s1. The molecule has 1 aliphatic carbocycles. The second-order valence-electron chi connectivity index (χ2n) is 5.70. The number of carbonyl (C=O) groups excluding carboxylic acids is 2. The maximum absolute atomic E-state index is 12.4. The molecule has 1 fully saturated rings. The zero-order chi connectivity index (χ0) is 14.1. The predicted octanol–water partition coefficient (Wildman–Crippen LogP) is 2.02. The van der Waals surface area contributed by atoms with Crippen molar-refractivity contribution in [1.29, 1.82) is 0 Å². The number of nitrogens with one attached hydrogen (secondary N) is 1. The number of aryl methyl sites for hydroxylation is 1. The molecule has 1 atom stereocenters. The third-order valence-corrected chi connectivity index (χ3v) is 4.05. The Kier molecular flexibility index (Phi) is 3.47. The van der Waals surface area contributed by atoms with Gasteiger partial charge in [0.25, 0.3) is 0 Å². The quantitative estimate of drug-likeness (QED) is 0.915. The Morgan fingerprint density at radius 2 is 2.05 bits per heavy atom. The molecular weight excluding hydrogens is 252 g/mol. The average molecular weight is 272 g/mol. The molecule has 1 heterocycles. The van der Waals surface area contributed by atoms with Crippen molar-refractivity contribution in [3.8, 4) is 0 Å². The number of carbonyl (C=O) groups is 2. The van der Waals surface area contributed by atoms with Gasteiger partial charge in [-0.25, -0.2) is 0 Å². The molecule has 4 nitrogen and oxygen atoms in total. The van der Waals surface area contributed by atoms with E-state index in [9.17, 15) is 9.59 Å². The highest BCUT2D eigenvalue weighted by molar-refractivity contribution is 6.01. The molecule has 1 aromatic rings. The van der Waals surface area contributed by atoms with Crippen molar-refractivity contribution < 1.29 is 9.59 Å². The van der Waals surface area contributed by atoms with E-state index in [1.54, 1.807) is 4.90 Å². The Balaban J connectivity index is 1.88. The van der Waals surface area contributed by atoms with E-state index in [0.29, 0.717) is 12.5 Å². The number of fused-ring (bicyclic) bond motifs is 1. The monoisotopic (exact) mass is 272 g/mol. The first kappa shape index (κ1) is 13.2. The van der Waals surface area contributed by atoms with Crippen molar-refractivity contribution in [3.63, 3.8) is 0 Å². The predicted molar refractivity (Wildman–Crippen MR) is 77.5 cm³/mol. The normalized spacial score (nSPS) is 20.1. The molecule has 0 unspecified atom stereocenters. The van der Waals surface area contributed by atoms with Gasteiger partial charge < -0.3 is 5.32 Å². The van der Waals surface area contributed by atoms with Gasteiger partial charge in [-0.05, 0) is 44.2 Å². The van der Waals surface area contributed by atoms with E-state index in [-0.39, 0.29) is 11.8 Å². The number of amides is 2. The highest BCUT2D eigenvalue weighted by atomic mass is 16.2. The van der Waals surface area contributed by atoms with E-state index < -0.39 is 6.04 Å². The molecule has 4 heteroatoms. The Labute approximate surface area is 119 Å². The van der Waals surface area contributed by atoms with Gasteiger partial charge in [0, 0.05) is 18.2 Å². The van der Waals surface area contributed by atoms with Gasteiger partial charge in [0.15, 0.2) is 0 Å². The van der Waals surface area contributed by atoms with Crippen LogP contribution in [0.2, 0.25) is 0 Å². The number of benzene rings is 1. The molecule has 1 aliphatic heterocycles. The Bertz CT molecular complexity index is 537. The zero-order valence-electron chi connectivity index (χ0n) is 11.8. The Hall–Kier alpha value is -1.84. The molecule has 2 amide bonds. The molecule has 0 saturated heterocycles. The smallest absolute Gasteiger partial charge is 0.243 e. The highest BCUT2D eigenvalue weighted by Gasteiger charge is 2.33. The first-order chi connectivity index (χ1) is 9.66. The molecule has 1 saturated carbocycles. The highest BCUT2D eigenvalue weighted by Crippen LogP contribution is 2.29. The van der Waals surface area contributed by atoms with Gasteiger partial charge in [-0.1, -0.05) is 18.2 Å². The summed E-state index contributed by atoms with van der Waals surface area (Å²) in [6.45, 7) is 1.82. The van der Waals surface area contributed by atoms with Crippen LogP contribution in [0, 0.1) is 0 Å². The summed E-state index contributed by atoms with van der Waals surface area (Å²) in [6, 6.07) is 7.79. The molecule has 3 rings (SSSR count). The summed E-state index contributed by atoms with van der Waals surface area (Å²) in [5.74, 6) is 0.00551. The maximum Gasteiger partial charge on any atom is 0.243 e. The minimum absolute atomic E-state index is 0.0439. The van der Waals surface area contributed by atoms with Gasteiger partial charge in [-0.3, -0.25) is 14.5 Å². The maximum atomic E-state index is 12.4. The SMILES string of the molecule is C[C@H](C(=O)NC1CC1)N1C(=O)CCCc2ccccc21. The molecule has 1 N–H and O–H groups in total. The lowest BCUT2D eigenvalue weighted by Gasteiger charge is -2.28. The minimum Gasteiger partial charge on any atom is -0.352 e. The number of nitrogens with zero attached hydrogens (tertiary/aromatic N) is 1. The van der Waals surface area contributed by atoms with E-state index in [1.165, 1.54) is 0 Å². The van der Waals surface area contributed by atoms with E-state index in [0.717, 1.165) is 36.9 Å².